The highest BCUT2D eigenvalue weighted by Gasteiger charge is 1.88. The molecule has 0 N–H and O–H groups in total. The number of aromatic nitrogens is 2. The van der Waals surface area contributed by atoms with E-state index in [0.29, 0.717) is 0 Å². The molecule has 1 rings (SSSR count). The van der Waals surface area contributed by atoms with E-state index < -0.39 is 0 Å². The van der Waals surface area contributed by atoms with Gasteiger partial charge in [0.15, 0.2) is 0 Å². The molecule has 0 aliphatic rings. The molecule has 72 valence electrons. The molecule has 0 spiro atoms. The van der Waals surface area contributed by atoms with Crippen LogP contribution < -0.4 is 0 Å². The van der Waals surface area contributed by atoms with E-state index in [-0.39, 0.29) is 0 Å². The number of hydrogen-bond acceptors (Lipinski definition) is 1. The Kier molecular flexibility index (Phi) is 11.7. The maximum atomic E-state index is 4.05. The SMILES string of the molecule is CC.CC.CCn1ccnc1C. The summed E-state index contributed by atoms with van der Waals surface area (Å²) in [4.78, 5) is 4.05. The van der Waals surface area contributed by atoms with Crippen LogP contribution in [0.25, 0.3) is 0 Å². The van der Waals surface area contributed by atoms with Gasteiger partial charge in [-0.05, 0) is 13.8 Å². The number of aryl methyl sites for hydroxylation is 2. The van der Waals surface area contributed by atoms with Gasteiger partial charge in [0.1, 0.15) is 5.82 Å². The Labute approximate surface area is 76.6 Å². The maximum absolute atomic E-state index is 4.05. The first kappa shape index (κ1) is 13.8. The van der Waals surface area contributed by atoms with Gasteiger partial charge in [0.2, 0.25) is 0 Å². The van der Waals surface area contributed by atoms with Gasteiger partial charge in [0, 0.05) is 18.9 Å². The van der Waals surface area contributed by atoms with E-state index in [1.165, 1.54) is 0 Å². The summed E-state index contributed by atoms with van der Waals surface area (Å²) in [7, 11) is 0. The molecular weight excluding hydrogens is 148 g/mol. The Morgan fingerprint density at radius 1 is 1.25 bits per heavy atom. The lowest BCUT2D eigenvalue weighted by Gasteiger charge is -1.95. The minimum Gasteiger partial charge on any atom is -0.335 e. The minimum absolute atomic E-state index is 1.02. The van der Waals surface area contributed by atoms with Crippen LogP contribution in [-0.2, 0) is 6.54 Å². The van der Waals surface area contributed by atoms with Crippen molar-refractivity contribution in [3.8, 4) is 0 Å². The van der Waals surface area contributed by atoms with Crippen molar-refractivity contribution in [2.24, 2.45) is 0 Å². The van der Waals surface area contributed by atoms with Crippen LogP contribution in [0.1, 0.15) is 40.4 Å². The first-order valence-electron chi connectivity index (χ1n) is 4.82. The number of imidazole rings is 1. The summed E-state index contributed by atoms with van der Waals surface area (Å²) in [5, 5.41) is 0. The van der Waals surface area contributed by atoms with Crippen LogP contribution in [0, 0.1) is 6.92 Å². The summed E-state index contributed by atoms with van der Waals surface area (Å²) in [6, 6.07) is 0. The molecule has 0 atom stereocenters. The summed E-state index contributed by atoms with van der Waals surface area (Å²) in [5.41, 5.74) is 0. The van der Waals surface area contributed by atoms with E-state index in [9.17, 15) is 0 Å². The summed E-state index contributed by atoms with van der Waals surface area (Å²) < 4.78 is 2.10. The zero-order valence-electron chi connectivity index (χ0n) is 9.26. The Morgan fingerprint density at radius 3 is 1.92 bits per heavy atom. The predicted octanol–water partition coefficient (Wildman–Crippen LogP) is 3.26. The fraction of sp³-hybridized carbons (Fsp3) is 0.700. The molecule has 1 aromatic rings. The van der Waals surface area contributed by atoms with Gasteiger partial charge in [-0.25, -0.2) is 4.98 Å². The summed E-state index contributed by atoms with van der Waals surface area (Å²) in [5.74, 6) is 1.09. The van der Waals surface area contributed by atoms with Crippen molar-refractivity contribution in [3.05, 3.63) is 18.2 Å². The molecule has 1 heterocycles. The van der Waals surface area contributed by atoms with Crippen molar-refractivity contribution in [1.82, 2.24) is 9.55 Å². The molecule has 0 fully saturated rings. The molecule has 0 saturated carbocycles. The number of nitrogens with zero attached hydrogens (tertiary/aromatic N) is 2. The van der Waals surface area contributed by atoms with Crippen LogP contribution in [0.3, 0.4) is 0 Å². The molecule has 0 radical (unpaired) electrons. The highest BCUT2D eigenvalue weighted by Crippen LogP contribution is 1.92. The second-order valence-corrected chi connectivity index (χ2v) is 1.76. The van der Waals surface area contributed by atoms with Crippen molar-refractivity contribution in [3.63, 3.8) is 0 Å². The van der Waals surface area contributed by atoms with E-state index in [2.05, 4.69) is 16.5 Å². The Morgan fingerprint density at radius 2 is 1.75 bits per heavy atom. The maximum Gasteiger partial charge on any atom is 0.105 e. The smallest absolute Gasteiger partial charge is 0.105 e. The van der Waals surface area contributed by atoms with Crippen molar-refractivity contribution in [1.29, 1.82) is 0 Å². The Bertz CT molecular complexity index is 168. The molecule has 0 aliphatic heterocycles. The van der Waals surface area contributed by atoms with E-state index in [1.807, 2.05) is 47.0 Å². The number of hydrogen-bond donors (Lipinski definition) is 0. The second kappa shape index (κ2) is 10.2. The van der Waals surface area contributed by atoms with Crippen LogP contribution >= 0.6 is 0 Å². The molecule has 0 unspecified atom stereocenters. The molecule has 0 aromatic carbocycles. The molecule has 0 saturated heterocycles. The van der Waals surface area contributed by atoms with Crippen LogP contribution in [0.4, 0.5) is 0 Å². The van der Waals surface area contributed by atoms with Crippen molar-refractivity contribution < 1.29 is 0 Å². The molecule has 1 aromatic heterocycles. The quantitative estimate of drug-likeness (QED) is 0.632. The average molecular weight is 170 g/mol. The van der Waals surface area contributed by atoms with Crippen molar-refractivity contribution >= 4 is 0 Å². The molecule has 0 bridgehead atoms. The third-order valence-electron chi connectivity index (χ3n) is 1.26. The van der Waals surface area contributed by atoms with Gasteiger partial charge in [-0.3, -0.25) is 0 Å². The van der Waals surface area contributed by atoms with Gasteiger partial charge in [0.05, 0.1) is 0 Å². The topological polar surface area (TPSA) is 17.8 Å². The summed E-state index contributed by atoms with van der Waals surface area (Å²) in [6.45, 7) is 13.1. The second-order valence-electron chi connectivity index (χ2n) is 1.76. The zero-order chi connectivity index (χ0) is 9.98. The highest BCUT2D eigenvalue weighted by molar-refractivity contribution is 4.87. The largest absolute Gasteiger partial charge is 0.335 e. The predicted molar refractivity (Wildman–Crippen MR) is 55.3 cm³/mol. The first-order valence-corrected chi connectivity index (χ1v) is 4.82. The fourth-order valence-corrected chi connectivity index (χ4v) is 0.738. The summed E-state index contributed by atoms with van der Waals surface area (Å²) >= 11 is 0. The summed E-state index contributed by atoms with van der Waals surface area (Å²) in [6.07, 6.45) is 3.80. The minimum atomic E-state index is 1.02. The number of rotatable bonds is 1. The van der Waals surface area contributed by atoms with Gasteiger partial charge in [-0.1, -0.05) is 27.7 Å². The van der Waals surface area contributed by atoms with E-state index >= 15 is 0 Å². The van der Waals surface area contributed by atoms with Crippen molar-refractivity contribution in [2.45, 2.75) is 48.1 Å². The van der Waals surface area contributed by atoms with Gasteiger partial charge >= 0.3 is 0 Å². The average Bonchev–Trinajstić information content (AvgIpc) is 2.58. The van der Waals surface area contributed by atoms with Gasteiger partial charge in [0.25, 0.3) is 0 Å². The standard InChI is InChI=1S/C6H10N2.2C2H6/c1-3-8-5-4-7-6(8)2;2*1-2/h4-5H,3H2,1-2H3;2*1-2H3. The first-order chi connectivity index (χ1) is 5.84. The highest BCUT2D eigenvalue weighted by atomic mass is 15.0. The van der Waals surface area contributed by atoms with E-state index in [0.717, 1.165) is 12.4 Å². The van der Waals surface area contributed by atoms with E-state index in [4.69, 9.17) is 0 Å². The third kappa shape index (κ3) is 4.94. The van der Waals surface area contributed by atoms with Gasteiger partial charge in [-0.2, -0.15) is 0 Å². The Hall–Kier alpha value is -0.790. The van der Waals surface area contributed by atoms with Crippen molar-refractivity contribution in [2.75, 3.05) is 0 Å². The van der Waals surface area contributed by atoms with Crippen LogP contribution in [0.2, 0.25) is 0 Å². The van der Waals surface area contributed by atoms with Gasteiger partial charge in [-0.15, -0.1) is 0 Å². The van der Waals surface area contributed by atoms with Crippen LogP contribution in [-0.4, -0.2) is 9.55 Å². The molecule has 12 heavy (non-hydrogen) atoms. The lowest BCUT2D eigenvalue weighted by molar-refractivity contribution is 0.730. The molecule has 0 aliphatic carbocycles. The Balaban J connectivity index is 0. The third-order valence-corrected chi connectivity index (χ3v) is 1.26. The normalized spacial score (nSPS) is 7.50. The van der Waals surface area contributed by atoms with Crippen LogP contribution in [0.5, 0.6) is 0 Å². The molecule has 2 heteroatoms. The van der Waals surface area contributed by atoms with Gasteiger partial charge < -0.3 is 4.57 Å². The zero-order valence-corrected chi connectivity index (χ0v) is 9.26. The lowest BCUT2D eigenvalue weighted by atomic mass is 10.6. The lowest BCUT2D eigenvalue weighted by Crippen LogP contribution is -1.93. The van der Waals surface area contributed by atoms with E-state index in [1.54, 1.807) is 0 Å². The molecule has 0 amide bonds. The van der Waals surface area contributed by atoms with Crippen LogP contribution in [0.15, 0.2) is 12.4 Å². The molecular formula is C10H22N2. The molecule has 2 nitrogen and oxygen atoms in total. The monoisotopic (exact) mass is 170 g/mol. The fourth-order valence-electron chi connectivity index (χ4n) is 0.738.